The summed E-state index contributed by atoms with van der Waals surface area (Å²) in [4.78, 5) is 18.4. The third kappa shape index (κ3) is 5.99. The topological polar surface area (TPSA) is 54.5 Å². The van der Waals surface area contributed by atoms with E-state index in [9.17, 15) is 4.79 Å². The quantitative estimate of drug-likeness (QED) is 0.877. The summed E-state index contributed by atoms with van der Waals surface area (Å²) in [7, 11) is 0. The SMILES string of the molecule is CCC1(CNCc2ccc(C)nc2)CCN(C(=O)OC(C)(C)C)CC1. The van der Waals surface area contributed by atoms with Crippen LogP contribution < -0.4 is 5.32 Å². The molecule has 0 atom stereocenters. The minimum absolute atomic E-state index is 0.184. The number of carbonyl (C=O) groups excluding carboxylic acids is 1. The van der Waals surface area contributed by atoms with Crippen molar-refractivity contribution in [2.75, 3.05) is 19.6 Å². The van der Waals surface area contributed by atoms with Gasteiger partial charge in [-0.2, -0.15) is 0 Å². The van der Waals surface area contributed by atoms with Gasteiger partial charge in [0.2, 0.25) is 0 Å². The van der Waals surface area contributed by atoms with Crippen LogP contribution in [-0.2, 0) is 11.3 Å². The van der Waals surface area contributed by atoms with Crippen LogP contribution in [0.2, 0.25) is 0 Å². The van der Waals surface area contributed by atoms with E-state index in [1.54, 1.807) is 0 Å². The molecule has 0 aliphatic carbocycles. The second-order valence-electron chi connectivity index (χ2n) is 8.23. The first kappa shape index (κ1) is 19.7. The monoisotopic (exact) mass is 347 g/mol. The first-order valence-corrected chi connectivity index (χ1v) is 9.33. The number of aryl methyl sites for hydroxylation is 1. The fourth-order valence-corrected chi connectivity index (χ4v) is 3.22. The Kier molecular flexibility index (Phi) is 6.44. The molecule has 1 aromatic rings. The molecule has 2 rings (SSSR count). The van der Waals surface area contributed by atoms with Gasteiger partial charge in [0.05, 0.1) is 0 Å². The van der Waals surface area contributed by atoms with Gasteiger partial charge in [0, 0.05) is 38.1 Å². The van der Waals surface area contributed by atoms with Crippen LogP contribution in [0.1, 0.15) is 58.2 Å². The number of ether oxygens (including phenoxy) is 1. The number of aromatic nitrogens is 1. The minimum Gasteiger partial charge on any atom is -0.444 e. The van der Waals surface area contributed by atoms with E-state index in [-0.39, 0.29) is 11.5 Å². The molecular formula is C20H33N3O2. The van der Waals surface area contributed by atoms with Gasteiger partial charge in [-0.15, -0.1) is 0 Å². The van der Waals surface area contributed by atoms with Crippen molar-refractivity contribution in [1.29, 1.82) is 0 Å². The number of nitrogens with one attached hydrogen (secondary N) is 1. The summed E-state index contributed by atoms with van der Waals surface area (Å²) in [6, 6.07) is 4.17. The molecule has 25 heavy (non-hydrogen) atoms. The molecule has 0 spiro atoms. The molecule has 0 aromatic carbocycles. The summed E-state index contributed by atoms with van der Waals surface area (Å²) in [5.74, 6) is 0. The van der Waals surface area contributed by atoms with Crippen molar-refractivity contribution in [3.05, 3.63) is 29.6 Å². The van der Waals surface area contributed by atoms with Gasteiger partial charge in [-0.05, 0) is 64.0 Å². The second kappa shape index (κ2) is 8.17. The van der Waals surface area contributed by atoms with Crippen molar-refractivity contribution in [2.45, 2.75) is 66.0 Å². The summed E-state index contributed by atoms with van der Waals surface area (Å²) < 4.78 is 5.49. The molecule has 5 heteroatoms. The molecule has 0 bridgehead atoms. The van der Waals surface area contributed by atoms with Crippen LogP contribution in [0.5, 0.6) is 0 Å². The molecule has 1 aromatic heterocycles. The standard InChI is InChI=1S/C20H33N3O2/c1-6-20(15-21-13-17-8-7-16(2)22-14-17)9-11-23(12-10-20)18(24)25-19(3,4)5/h7-8,14,21H,6,9-13,15H2,1-5H3. The van der Waals surface area contributed by atoms with Crippen molar-refractivity contribution in [1.82, 2.24) is 15.2 Å². The van der Waals surface area contributed by atoms with Crippen molar-refractivity contribution < 1.29 is 9.53 Å². The van der Waals surface area contributed by atoms with E-state index in [2.05, 4.69) is 23.3 Å². The number of nitrogens with zero attached hydrogens (tertiary/aromatic N) is 2. The first-order valence-electron chi connectivity index (χ1n) is 9.33. The van der Waals surface area contributed by atoms with Crippen LogP contribution in [0, 0.1) is 12.3 Å². The van der Waals surface area contributed by atoms with Crippen molar-refractivity contribution in [3.63, 3.8) is 0 Å². The molecule has 1 N–H and O–H groups in total. The zero-order valence-electron chi connectivity index (χ0n) is 16.4. The summed E-state index contributed by atoms with van der Waals surface area (Å²) in [6.07, 6.45) is 4.90. The van der Waals surface area contributed by atoms with E-state index in [1.165, 1.54) is 5.56 Å². The van der Waals surface area contributed by atoms with E-state index in [4.69, 9.17) is 4.74 Å². The van der Waals surface area contributed by atoms with E-state index < -0.39 is 5.60 Å². The highest BCUT2D eigenvalue weighted by Crippen LogP contribution is 2.34. The zero-order chi connectivity index (χ0) is 18.5. The fraction of sp³-hybridized carbons (Fsp3) is 0.700. The summed E-state index contributed by atoms with van der Waals surface area (Å²) in [5, 5.41) is 3.59. The van der Waals surface area contributed by atoms with Crippen LogP contribution >= 0.6 is 0 Å². The molecular weight excluding hydrogens is 314 g/mol. The molecule has 140 valence electrons. The normalized spacial score (nSPS) is 17.4. The lowest BCUT2D eigenvalue weighted by Gasteiger charge is -2.41. The maximum atomic E-state index is 12.2. The maximum Gasteiger partial charge on any atom is 0.410 e. The molecule has 1 aliphatic heterocycles. The Hall–Kier alpha value is -1.62. The number of carbonyl (C=O) groups is 1. The van der Waals surface area contributed by atoms with Gasteiger partial charge in [0.25, 0.3) is 0 Å². The molecule has 2 heterocycles. The molecule has 1 aliphatic rings. The Bertz CT molecular complexity index is 555. The van der Waals surface area contributed by atoms with Gasteiger partial charge in [-0.25, -0.2) is 4.79 Å². The Labute approximate surface area is 152 Å². The average molecular weight is 348 g/mol. The summed E-state index contributed by atoms with van der Waals surface area (Å²) >= 11 is 0. The predicted molar refractivity (Wildman–Crippen MR) is 100 cm³/mol. The molecule has 5 nitrogen and oxygen atoms in total. The van der Waals surface area contributed by atoms with Gasteiger partial charge in [-0.3, -0.25) is 4.98 Å². The first-order chi connectivity index (χ1) is 11.7. The van der Waals surface area contributed by atoms with Crippen LogP contribution in [0.25, 0.3) is 0 Å². The summed E-state index contributed by atoms with van der Waals surface area (Å²) in [6.45, 7) is 13.3. The van der Waals surface area contributed by atoms with Crippen molar-refractivity contribution in [2.24, 2.45) is 5.41 Å². The van der Waals surface area contributed by atoms with E-state index in [0.717, 1.165) is 51.1 Å². The molecule has 0 saturated carbocycles. The lowest BCUT2D eigenvalue weighted by molar-refractivity contribution is 0.00943. The lowest BCUT2D eigenvalue weighted by Crippen LogP contribution is -2.48. The Balaban J connectivity index is 1.82. The third-order valence-electron chi connectivity index (χ3n) is 5.03. The molecule has 1 amide bonds. The van der Waals surface area contributed by atoms with Crippen LogP contribution in [0.4, 0.5) is 4.79 Å². The Morgan fingerprint density at radius 2 is 2.00 bits per heavy atom. The molecule has 0 radical (unpaired) electrons. The average Bonchev–Trinajstić information content (AvgIpc) is 2.55. The maximum absolute atomic E-state index is 12.2. The molecule has 1 fully saturated rings. The van der Waals surface area contributed by atoms with Gasteiger partial charge >= 0.3 is 6.09 Å². The van der Waals surface area contributed by atoms with Crippen molar-refractivity contribution >= 4 is 6.09 Å². The Morgan fingerprint density at radius 3 is 2.52 bits per heavy atom. The largest absolute Gasteiger partial charge is 0.444 e. The van der Waals surface area contributed by atoms with Crippen LogP contribution in [0.15, 0.2) is 18.3 Å². The molecule has 0 unspecified atom stereocenters. The highest BCUT2D eigenvalue weighted by atomic mass is 16.6. The predicted octanol–water partition coefficient (Wildman–Crippen LogP) is 3.91. The van der Waals surface area contributed by atoms with E-state index >= 15 is 0 Å². The number of likely N-dealkylation sites (tertiary alicyclic amines) is 1. The van der Waals surface area contributed by atoms with E-state index in [1.807, 2.05) is 44.9 Å². The highest BCUT2D eigenvalue weighted by molar-refractivity contribution is 5.68. The van der Waals surface area contributed by atoms with Gasteiger partial charge < -0.3 is 15.0 Å². The van der Waals surface area contributed by atoms with Gasteiger partial charge in [-0.1, -0.05) is 13.0 Å². The van der Waals surface area contributed by atoms with Gasteiger partial charge in [0.15, 0.2) is 0 Å². The number of hydrogen-bond acceptors (Lipinski definition) is 4. The number of piperidine rings is 1. The number of hydrogen-bond donors (Lipinski definition) is 1. The van der Waals surface area contributed by atoms with Crippen LogP contribution in [-0.4, -0.2) is 41.2 Å². The van der Waals surface area contributed by atoms with Crippen molar-refractivity contribution in [3.8, 4) is 0 Å². The van der Waals surface area contributed by atoms with E-state index in [0.29, 0.717) is 0 Å². The molecule has 1 saturated heterocycles. The number of amides is 1. The third-order valence-corrected chi connectivity index (χ3v) is 5.03. The Morgan fingerprint density at radius 1 is 1.32 bits per heavy atom. The zero-order valence-corrected chi connectivity index (χ0v) is 16.4. The smallest absolute Gasteiger partial charge is 0.410 e. The summed E-state index contributed by atoms with van der Waals surface area (Å²) in [5.41, 5.74) is 2.09. The highest BCUT2D eigenvalue weighted by Gasteiger charge is 2.35. The minimum atomic E-state index is -0.431. The van der Waals surface area contributed by atoms with Gasteiger partial charge in [0.1, 0.15) is 5.60 Å². The number of rotatable bonds is 5. The van der Waals surface area contributed by atoms with Crippen LogP contribution in [0.3, 0.4) is 0 Å². The number of pyridine rings is 1. The lowest BCUT2D eigenvalue weighted by atomic mass is 9.76. The second-order valence-corrected chi connectivity index (χ2v) is 8.23. The fourth-order valence-electron chi connectivity index (χ4n) is 3.22.